The largest absolute Gasteiger partial charge is 0.488 e. The second-order valence-electron chi connectivity index (χ2n) is 2.44. The molecule has 0 bridgehead atoms. The Morgan fingerprint density at radius 2 is 2.17 bits per heavy atom. The van der Waals surface area contributed by atoms with Gasteiger partial charge in [-0.3, -0.25) is 0 Å². The van der Waals surface area contributed by atoms with Crippen LogP contribution in [-0.2, 0) is 0 Å². The van der Waals surface area contributed by atoms with Gasteiger partial charge in [-0.05, 0) is 6.92 Å². The molecule has 1 heterocycles. The van der Waals surface area contributed by atoms with E-state index in [-0.39, 0.29) is 12.6 Å². The van der Waals surface area contributed by atoms with Crippen LogP contribution in [0.1, 0.15) is 6.92 Å². The first-order chi connectivity index (χ1) is 5.68. The third kappa shape index (κ3) is 2.71. The van der Waals surface area contributed by atoms with Crippen LogP contribution in [0.15, 0.2) is 12.4 Å². The van der Waals surface area contributed by atoms with Crippen LogP contribution >= 0.6 is 0 Å². The van der Waals surface area contributed by atoms with E-state index in [2.05, 4.69) is 9.97 Å². The molecule has 0 aliphatic heterocycles. The minimum atomic E-state index is -0.498. The highest BCUT2D eigenvalue weighted by molar-refractivity contribution is 5.20. The number of nitrogens with zero attached hydrogens (tertiary/aromatic N) is 2. The summed E-state index contributed by atoms with van der Waals surface area (Å²) in [6.45, 7) is 1.87. The summed E-state index contributed by atoms with van der Waals surface area (Å²) in [5.41, 5.74) is 5.26. The molecule has 0 aliphatic carbocycles. The fourth-order valence-electron chi connectivity index (χ4n) is 0.618. The van der Waals surface area contributed by atoms with Gasteiger partial charge >= 0.3 is 0 Å². The normalized spacial score (nSPS) is 12.5. The first-order valence-corrected chi connectivity index (χ1v) is 3.57. The van der Waals surface area contributed by atoms with Gasteiger partial charge in [0.1, 0.15) is 6.61 Å². The van der Waals surface area contributed by atoms with E-state index in [0.717, 1.165) is 0 Å². The molecule has 5 nitrogen and oxygen atoms in total. The average Bonchev–Trinajstić information content (AvgIpc) is 2.03. The molecular weight excluding hydrogens is 158 g/mol. The van der Waals surface area contributed by atoms with Crippen LogP contribution in [0, 0.1) is 0 Å². The SMILES string of the molecule is CC(O)COc1cnc(N)nc1. The van der Waals surface area contributed by atoms with Gasteiger partial charge in [0.05, 0.1) is 18.5 Å². The van der Waals surface area contributed by atoms with Crippen molar-refractivity contribution in [3.63, 3.8) is 0 Å². The third-order valence-corrected chi connectivity index (χ3v) is 1.14. The van der Waals surface area contributed by atoms with Crippen LogP contribution in [0.2, 0.25) is 0 Å². The Balaban J connectivity index is 2.48. The van der Waals surface area contributed by atoms with E-state index in [1.807, 2.05) is 0 Å². The van der Waals surface area contributed by atoms with Crippen LogP contribution in [0.5, 0.6) is 5.75 Å². The smallest absolute Gasteiger partial charge is 0.220 e. The summed E-state index contributed by atoms with van der Waals surface area (Å²) in [7, 11) is 0. The average molecular weight is 169 g/mol. The number of nitrogen functional groups attached to an aromatic ring is 1. The van der Waals surface area contributed by atoms with Gasteiger partial charge in [0.2, 0.25) is 5.95 Å². The van der Waals surface area contributed by atoms with E-state index in [1.54, 1.807) is 6.92 Å². The topological polar surface area (TPSA) is 81.3 Å². The van der Waals surface area contributed by atoms with E-state index in [1.165, 1.54) is 12.4 Å². The van der Waals surface area contributed by atoms with Crippen molar-refractivity contribution in [1.82, 2.24) is 9.97 Å². The molecule has 1 rings (SSSR count). The van der Waals surface area contributed by atoms with Crippen LogP contribution in [0.3, 0.4) is 0 Å². The molecule has 0 saturated carbocycles. The third-order valence-electron chi connectivity index (χ3n) is 1.14. The zero-order chi connectivity index (χ0) is 8.97. The molecule has 0 aliphatic rings. The van der Waals surface area contributed by atoms with Gasteiger partial charge in [-0.25, -0.2) is 9.97 Å². The highest BCUT2D eigenvalue weighted by Crippen LogP contribution is 2.06. The van der Waals surface area contributed by atoms with Crippen LogP contribution in [0.4, 0.5) is 5.95 Å². The predicted octanol–water partition coefficient (Wildman–Crippen LogP) is -0.182. The molecule has 0 fully saturated rings. The van der Waals surface area contributed by atoms with E-state index in [4.69, 9.17) is 15.6 Å². The molecule has 5 heteroatoms. The van der Waals surface area contributed by atoms with Gasteiger partial charge < -0.3 is 15.6 Å². The minimum Gasteiger partial charge on any atom is -0.488 e. The van der Waals surface area contributed by atoms with Crippen LogP contribution in [-0.4, -0.2) is 27.8 Å². The number of aliphatic hydroxyl groups is 1. The van der Waals surface area contributed by atoms with Crippen molar-refractivity contribution in [2.45, 2.75) is 13.0 Å². The standard InChI is InChI=1S/C7H11N3O2/c1-5(11)4-12-6-2-9-7(8)10-3-6/h2-3,5,11H,4H2,1H3,(H2,8,9,10). The lowest BCUT2D eigenvalue weighted by Gasteiger charge is -2.06. The van der Waals surface area contributed by atoms with Gasteiger partial charge in [0, 0.05) is 0 Å². The molecule has 0 spiro atoms. The van der Waals surface area contributed by atoms with E-state index in [9.17, 15) is 0 Å². The molecule has 1 aromatic heterocycles. The summed E-state index contributed by atoms with van der Waals surface area (Å²) in [6, 6.07) is 0. The maximum atomic E-state index is 8.88. The molecule has 1 aromatic rings. The predicted molar refractivity (Wildman–Crippen MR) is 43.6 cm³/mol. The van der Waals surface area contributed by atoms with Crippen LogP contribution in [0.25, 0.3) is 0 Å². The van der Waals surface area contributed by atoms with Crippen molar-refractivity contribution in [2.24, 2.45) is 0 Å². The maximum absolute atomic E-state index is 8.88. The van der Waals surface area contributed by atoms with Gasteiger partial charge in [-0.1, -0.05) is 0 Å². The fraction of sp³-hybridized carbons (Fsp3) is 0.429. The lowest BCUT2D eigenvalue weighted by molar-refractivity contribution is 0.122. The number of hydrogen-bond donors (Lipinski definition) is 2. The molecule has 0 amide bonds. The summed E-state index contributed by atoms with van der Waals surface area (Å²) >= 11 is 0. The Morgan fingerprint density at radius 3 is 2.67 bits per heavy atom. The van der Waals surface area contributed by atoms with E-state index in [0.29, 0.717) is 5.75 Å². The molecule has 0 radical (unpaired) electrons. The minimum absolute atomic E-state index is 0.208. The number of hydrogen-bond acceptors (Lipinski definition) is 5. The molecule has 3 N–H and O–H groups in total. The number of anilines is 1. The van der Waals surface area contributed by atoms with Gasteiger partial charge in [0.25, 0.3) is 0 Å². The second kappa shape index (κ2) is 3.87. The summed E-state index contributed by atoms with van der Waals surface area (Å²) in [4.78, 5) is 7.43. The number of ether oxygens (including phenoxy) is 1. The first-order valence-electron chi connectivity index (χ1n) is 3.57. The molecule has 0 saturated heterocycles. The van der Waals surface area contributed by atoms with Crippen molar-refractivity contribution in [1.29, 1.82) is 0 Å². The molecule has 66 valence electrons. The number of rotatable bonds is 3. The quantitative estimate of drug-likeness (QED) is 0.655. The molecule has 1 unspecified atom stereocenters. The summed E-state index contributed by atoms with van der Waals surface area (Å²) in [6.07, 6.45) is 2.43. The summed E-state index contributed by atoms with van der Waals surface area (Å²) in [5.74, 6) is 0.712. The Bertz CT molecular complexity index is 235. The Morgan fingerprint density at radius 1 is 1.58 bits per heavy atom. The highest BCUT2D eigenvalue weighted by Gasteiger charge is 1.98. The number of nitrogens with two attached hydrogens (primary N) is 1. The number of aliphatic hydroxyl groups excluding tert-OH is 1. The number of aromatic nitrogens is 2. The lowest BCUT2D eigenvalue weighted by atomic mass is 10.4. The zero-order valence-corrected chi connectivity index (χ0v) is 6.77. The van der Waals surface area contributed by atoms with Gasteiger partial charge in [-0.2, -0.15) is 0 Å². The van der Waals surface area contributed by atoms with Crippen molar-refractivity contribution in [3.8, 4) is 5.75 Å². The van der Waals surface area contributed by atoms with Gasteiger partial charge in [0.15, 0.2) is 5.75 Å². The first kappa shape index (κ1) is 8.73. The maximum Gasteiger partial charge on any atom is 0.220 e. The second-order valence-corrected chi connectivity index (χ2v) is 2.44. The Kier molecular flexibility index (Phi) is 2.82. The molecule has 12 heavy (non-hydrogen) atoms. The molecule has 1 atom stereocenters. The van der Waals surface area contributed by atoms with Gasteiger partial charge in [-0.15, -0.1) is 0 Å². The Hall–Kier alpha value is -1.36. The van der Waals surface area contributed by atoms with Crippen LogP contribution < -0.4 is 10.5 Å². The van der Waals surface area contributed by atoms with Crippen molar-refractivity contribution in [2.75, 3.05) is 12.3 Å². The van der Waals surface area contributed by atoms with Crippen molar-refractivity contribution >= 4 is 5.95 Å². The van der Waals surface area contributed by atoms with E-state index >= 15 is 0 Å². The zero-order valence-electron chi connectivity index (χ0n) is 6.77. The van der Waals surface area contributed by atoms with E-state index < -0.39 is 6.10 Å². The summed E-state index contributed by atoms with van der Waals surface area (Å²) in [5, 5.41) is 8.88. The Labute approximate surface area is 70.2 Å². The molecule has 0 aromatic carbocycles. The highest BCUT2D eigenvalue weighted by atomic mass is 16.5. The lowest BCUT2D eigenvalue weighted by Crippen LogP contribution is -2.13. The fourth-order valence-corrected chi connectivity index (χ4v) is 0.618. The monoisotopic (exact) mass is 169 g/mol. The van der Waals surface area contributed by atoms with Crippen molar-refractivity contribution < 1.29 is 9.84 Å². The van der Waals surface area contributed by atoms with Crippen molar-refractivity contribution in [3.05, 3.63) is 12.4 Å². The summed E-state index contributed by atoms with van der Waals surface area (Å²) < 4.78 is 5.09. The molecular formula is C7H11N3O2.